The van der Waals surface area contributed by atoms with E-state index >= 15 is 0 Å². The van der Waals surface area contributed by atoms with E-state index < -0.39 is 0 Å². The Morgan fingerprint density at radius 3 is 0.877 bits per heavy atom. The number of nitrogens with zero attached hydrogens (tertiary/aromatic N) is 18. The third kappa shape index (κ3) is 51.2. The van der Waals surface area contributed by atoms with Crippen LogP contribution < -0.4 is 102 Å². The van der Waals surface area contributed by atoms with E-state index in [-0.39, 0.29) is 175 Å². The van der Waals surface area contributed by atoms with Gasteiger partial charge in [0, 0.05) is 123 Å². The van der Waals surface area contributed by atoms with Gasteiger partial charge < -0.3 is 198 Å². The molecule has 796 valence electrons. The summed E-state index contributed by atoms with van der Waals surface area (Å²) in [4.78, 5) is 55.2. The summed E-state index contributed by atoms with van der Waals surface area (Å²) >= 11 is 0. The normalized spacial score (nSPS) is 11.2. The van der Waals surface area contributed by atoms with Crippen LogP contribution in [0.3, 0.4) is 0 Å². The highest BCUT2D eigenvalue weighted by Crippen LogP contribution is 2.32. The van der Waals surface area contributed by atoms with Crippen LogP contribution in [0.15, 0.2) is 206 Å². The maximum Gasteiger partial charge on any atom is 0.223 e. The van der Waals surface area contributed by atoms with E-state index in [2.05, 4.69) is 70.5 Å². The number of nitrogens with one attached hydrogen (secondary N) is 6. The van der Waals surface area contributed by atoms with Gasteiger partial charge >= 0.3 is 0 Å². The molecule has 0 spiro atoms. The largest absolute Gasteiger partial charge is 0.504 e. The molecule has 0 fully saturated rings. The van der Waals surface area contributed by atoms with E-state index in [0.717, 1.165) is 44.5 Å². The zero-order valence-electron chi connectivity index (χ0n) is 82.6. The highest BCUT2D eigenvalue weighted by Gasteiger charge is 2.16. The first-order valence-corrected chi connectivity index (χ1v) is 43.3. The Morgan fingerprint density at radius 1 is 0.274 bits per heavy atom. The first kappa shape index (κ1) is 124. The van der Waals surface area contributed by atoms with Crippen molar-refractivity contribution in [2.75, 3.05) is 123 Å². The highest BCUT2D eigenvalue weighted by atomic mass is 16.3. The van der Waals surface area contributed by atoms with Crippen LogP contribution in [0.4, 0.5) is 0 Å². The maximum absolute atomic E-state index is 9.40. The molecule has 0 aliphatic carbocycles. The molecule has 54 N–H and O–H groups in total. The maximum atomic E-state index is 9.40. The molecule has 0 heterocycles. The molecule has 8 aromatic carbocycles. The lowest BCUT2D eigenvalue weighted by Gasteiger charge is -2.26. The second-order valence-corrected chi connectivity index (χ2v) is 30.5. The van der Waals surface area contributed by atoms with Gasteiger partial charge in [-0.1, -0.05) is 48.5 Å². The third-order valence-corrected chi connectivity index (χ3v) is 19.1. The average molecular weight is 2040 g/mol. The van der Waals surface area contributed by atoms with Gasteiger partial charge in [0.25, 0.3) is 0 Å². The number of likely N-dealkylation sites (N-methyl/N-ethyl adjacent to an activating group) is 4. The lowest BCUT2D eigenvalue weighted by atomic mass is 10.1. The number of benzene rings is 8. The molecule has 56 heteroatoms. The van der Waals surface area contributed by atoms with Crippen molar-refractivity contribution >= 4 is 95.4 Å². The number of nitrogens with two attached hydrogens (primary N) is 16. The smallest absolute Gasteiger partial charge is 0.223 e. The molecule has 0 aliphatic rings. The number of phenolic OH excluding ortho intramolecular Hbond substituents is 16. The predicted molar refractivity (Wildman–Crippen MR) is 570 cm³/mol. The van der Waals surface area contributed by atoms with E-state index in [1.54, 1.807) is 117 Å². The summed E-state index contributed by atoms with van der Waals surface area (Å²) in [6.07, 6.45) is 4.80. The minimum atomic E-state index is -0.195. The first-order valence-electron chi connectivity index (χ1n) is 43.3. The Morgan fingerprint density at radius 2 is 0.575 bits per heavy atom. The lowest BCUT2D eigenvalue weighted by Crippen LogP contribution is -2.46. The van der Waals surface area contributed by atoms with Gasteiger partial charge in [-0.2, -0.15) is 25.0 Å². The van der Waals surface area contributed by atoms with Crippen molar-refractivity contribution in [3.8, 4) is 92.0 Å². The number of hydrogen-bond donors (Lipinski definition) is 38. The van der Waals surface area contributed by atoms with Crippen molar-refractivity contribution in [1.29, 1.82) is 21.6 Å². The second-order valence-electron chi connectivity index (χ2n) is 30.5. The topological polar surface area (TPSA) is 1030 Å². The molecule has 0 saturated heterocycles. The molecule has 0 saturated carbocycles. The molecule has 0 amide bonds. The molecule has 0 aromatic heterocycles. The molecule has 8 rings (SSSR count). The van der Waals surface area contributed by atoms with E-state index in [4.69, 9.17) is 139 Å². The predicted octanol–water partition coefficient (Wildman–Crippen LogP) is -2.24. The van der Waals surface area contributed by atoms with E-state index in [1.807, 2.05) is 7.05 Å². The van der Waals surface area contributed by atoms with Crippen LogP contribution in [0.5, 0.6) is 92.0 Å². The number of rotatable bonds is 24. The lowest BCUT2D eigenvalue weighted by molar-refractivity contribution is 0.402. The number of aromatic hydroxyl groups is 16. The van der Waals surface area contributed by atoms with Gasteiger partial charge in [0.2, 0.25) is 29.8 Å². The minimum Gasteiger partial charge on any atom is -0.504 e. The fourth-order valence-electron chi connectivity index (χ4n) is 10.8. The quantitative estimate of drug-likeness (QED) is 0.0173. The molecule has 0 bridgehead atoms. The summed E-state index contributed by atoms with van der Waals surface area (Å²) in [6, 6.07) is 37.0. The molecule has 8 aromatic rings. The van der Waals surface area contributed by atoms with E-state index in [1.165, 1.54) is 121 Å². The first-order chi connectivity index (χ1) is 68.5. The molecule has 0 atom stereocenters. The van der Waals surface area contributed by atoms with Crippen LogP contribution in [-0.4, -0.2) is 329 Å². The second kappa shape index (κ2) is 65.4. The van der Waals surface area contributed by atoms with Gasteiger partial charge in [-0.05, 0) is 193 Å². The van der Waals surface area contributed by atoms with Crippen LogP contribution in [-0.2, 0) is 51.4 Å². The van der Waals surface area contributed by atoms with Crippen molar-refractivity contribution in [2.45, 2.75) is 51.4 Å². The van der Waals surface area contributed by atoms with Crippen LogP contribution in [0, 0.1) is 21.6 Å². The van der Waals surface area contributed by atoms with Crippen molar-refractivity contribution in [1.82, 2.24) is 40.0 Å². The molecule has 0 radical (unpaired) electrons. The van der Waals surface area contributed by atoms with E-state index in [0.29, 0.717) is 116 Å². The highest BCUT2D eigenvalue weighted by molar-refractivity contribution is 5.98. The molecular formula is C90H140N40O16. The van der Waals surface area contributed by atoms with Crippen LogP contribution in [0.1, 0.15) is 44.5 Å². The summed E-state index contributed by atoms with van der Waals surface area (Å²) in [5.74, 6) is -1.34. The zero-order valence-corrected chi connectivity index (χ0v) is 82.6. The Kier molecular flexibility index (Phi) is 55.7. The summed E-state index contributed by atoms with van der Waals surface area (Å²) in [6.45, 7) is 4.01. The molecule has 0 aliphatic heterocycles. The van der Waals surface area contributed by atoms with Gasteiger partial charge in [0.15, 0.2) is 158 Å². The fourth-order valence-corrected chi connectivity index (χ4v) is 10.8. The Bertz CT molecular complexity index is 5940. The SMILES string of the molecule is CN(C(=N)N)C(N)=NCCc1ccc(O)c(O)c1.CN(CCc1ccc(O)c(O)c1)C(=N)N(C)C(=N)N.CN(CCc1ccc(O)c(O)c1)C(=N)N=C(N)N.CN=C(N)N=C(N)N(C)CCc1ccc(O)c(O)c1.CN=C(N)NC(N)=NCCc1ccc(O)c(O)c1.CN=C(N=C(N)N)N(C)CCc1ccc(O)c(O)c1.CN=C(N=C(N)N)NCCc1ccc(O)c(O)c1.NC(N)=NC(N)=NCCc1ccc(O)c(O)c1. The number of guanidine groups is 16. The summed E-state index contributed by atoms with van der Waals surface area (Å²) in [5.41, 5.74) is 92.2. The van der Waals surface area contributed by atoms with E-state index in [9.17, 15) is 56.2 Å². The van der Waals surface area contributed by atoms with Crippen molar-refractivity contribution < 1.29 is 81.7 Å². The molecular weight excluding hydrogens is 1900 g/mol. The van der Waals surface area contributed by atoms with Crippen LogP contribution in [0.2, 0.25) is 0 Å². The number of phenols is 16. The van der Waals surface area contributed by atoms with Crippen LogP contribution >= 0.6 is 0 Å². The van der Waals surface area contributed by atoms with Crippen LogP contribution in [0.25, 0.3) is 0 Å². The zero-order chi connectivity index (χ0) is 111. The van der Waals surface area contributed by atoms with Gasteiger partial charge in [-0.15, -0.1) is 0 Å². The summed E-state index contributed by atoms with van der Waals surface area (Å²) in [5, 5.41) is 183. The van der Waals surface area contributed by atoms with Crippen molar-refractivity contribution in [3.63, 3.8) is 0 Å². The third-order valence-electron chi connectivity index (χ3n) is 19.1. The van der Waals surface area contributed by atoms with Crippen molar-refractivity contribution in [2.24, 2.45) is 152 Å². The minimum absolute atomic E-state index is 0.00741. The average Bonchev–Trinajstić information content (AvgIpc) is 0.881. The fraction of sp³-hybridized carbons (Fsp3) is 0.289. The Hall–Kier alpha value is -19.5. The van der Waals surface area contributed by atoms with Gasteiger partial charge in [-0.25, -0.2) is 0 Å². The van der Waals surface area contributed by atoms with Gasteiger partial charge in [0.1, 0.15) is 0 Å². The Balaban J connectivity index is 0.000000834. The Labute approximate surface area is 842 Å². The molecule has 146 heavy (non-hydrogen) atoms. The van der Waals surface area contributed by atoms with Gasteiger partial charge in [-0.3, -0.25) is 71.7 Å². The monoisotopic (exact) mass is 2040 g/mol. The number of hydrogen-bond acceptors (Lipinski definition) is 27. The molecule has 56 nitrogen and oxygen atoms in total. The van der Waals surface area contributed by atoms with Gasteiger partial charge in [0.05, 0.1) is 0 Å². The number of aliphatic imine (C=N–C) groups is 12. The summed E-state index contributed by atoms with van der Waals surface area (Å²) in [7, 11) is 16.3. The van der Waals surface area contributed by atoms with Crippen molar-refractivity contribution in [3.05, 3.63) is 190 Å². The summed E-state index contributed by atoms with van der Waals surface area (Å²) < 4.78 is 0. The molecule has 0 unspecified atom stereocenters. The standard InChI is InChI=1S/3C12H19N5O2.4C11H17N5O2.C10H15N5O2/c1-15-11(13)16-12(14)17(2)6-5-8-3-4-9(18)10(19)7-8;1-16(12(15)17(2)11(13)14)6-5-8-3-4-9(18)10(19)7-8;1-15-12(16-11(13)14)17(2)6-5-8-3-4-9(18)10(19)7-8;1-14-10(12)16-11(13)15-5-4-7-2-3-8(17)9(18)6-7;1-16(11(14)15-10(12)13)5-4-7-2-3-8(17)9(18)6-7;1-16(10(12)13)11(14)15-5-4-7-2-3-8(17)9(18)6-7;1-14-11(16-10(12)13)15-5-4-7-2-3-8(17)9(18)6-7;11-9(12)15-10(13)14-4-3-6-1-2-7(16)8(17)5-6/h3-4,7,18-19H,5-6H2,1-2H3,(H4,13,14,15,16);3-4,7,15,18-19H,5-6H2,1-2H3,(H3,13,14);3-4,7,18-19H,5-6H2,1-2H3,(H4,13,14,15,16);2-3,6,17-18H,4-5H2,1H3,(H5,12,13,14,15,16);2-3,6,17-18H,4-5H2,1H3,(H5,12,13,14,15);2-3,6,17-18H,4-5H2,1H3,(H3,12,13)(H2,14,15);2-3,6,17-18H,4-5H2,1H3,(H5,12,13,14,15,16);1-2,5,16-17H,3-4H2,(H6,11,12,13,14,15).